The number of allylic oxidation sites excluding steroid dienone is 8. The predicted octanol–water partition coefficient (Wildman–Crippen LogP) is 14.4. The van der Waals surface area contributed by atoms with Gasteiger partial charge in [-0.1, -0.05) is 126 Å². The Kier molecular flexibility index (Phi) is 22.1. The molecule has 0 aromatic heterocycles. The molecule has 0 heterocycles. The minimum absolute atomic E-state index is 0.163. The quantitative estimate of drug-likeness (QED) is 0.256. The van der Waals surface area contributed by atoms with Gasteiger partial charge in [-0.2, -0.15) is 0 Å². The molecule has 5 nitrogen and oxygen atoms in total. The van der Waals surface area contributed by atoms with E-state index in [1.807, 2.05) is 32.9 Å². The van der Waals surface area contributed by atoms with Gasteiger partial charge in [-0.25, -0.2) is 0 Å². The highest BCUT2D eigenvalue weighted by Gasteiger charge is 2.42. The minimum atomic E-state index is 0.163. The smallest absolute Gasteiger partial charge is 0.159 e. The number of rotatable bonds is 7. The molecule has 8 atom stereocenters. The van der Waals surface area contributed by atoms with Crippen LogP contribution >= 0.6 is 0 Å². The number of hydrogen-bond acceptors (Lipinski definition) is 5. The lowest BCUT2D eigenvalue weighted by Crippen LogP contribution is -2.40. The number of ketones is 5. The summed E-state index contributed by atoms with van der Waals surface area (Å²) in [6.45, 7) is 42.1. The Hall–Kier alpha value is -2.69. The molecule has 0 radical (unpaired) electrons. The minimum Gasteiger partial charge on any atom is -0.300 e. The molecule has 326 valence electrons. The van der Waals surface area contributed by atoms with Crippen molar-refractivity contribution in [3.8, 4) is 0 Å². The second kappa shape index (κ2) is 23.2. The Balaban J connectivity index is 0.000000705. The van der Waals surface area contributed by atoms with E-state index in [1.54, 1.807) is 6.92 Å². The van der Waals surface area contributed by atoms with Gasteiger partial charge in [0.25, 0.3) is 0 Å². The van der Waals surface area contributed by atoms with Crippen molar-refractivity contribution in [3.63, 3.8) is 0 Å². The molecular formula is C52H88O5. The molecule has 0 spiro atoms. The van der Waals surface area contributed by atoms with Gasteiger partial charge in [0, 0.05) is 31.1 Å². The van der Waals surface area contributed by atoms with Gasteiger partial charge in [-0.05, 0) is 143 Å². The lowest BCUT2D eigenvalue weighted by atomic mass is 9.61. The topological polar surface area (TPSA) is 85.3 Å². The number of carbonyl (C=O) groups is 5. The second-order valence-corrected chi connectivity index (χ2v) is 19.3. The molecule has 8 unspecified atom stereocenters. The fraction of sp³-hybridized carbons (Fsp3) is 0.750. The van der Waals surface area contributed by atoms with E-state index in [0.717, 1.165) is 75.4 Å². The van der Waals surface area contributed by atoms with Gasteiger partial charge in [0.15, 0.2) is 23.1 Å². The van der Waals surface area contributed by atoms with Crippen LogP contribution in [0.15, 0.2) is 45.6 Å². The zero-order valence-electron chi connectivity index (χ0n) is 40.8. The maximum Gasteiger partial charge on any atom is 0.159 e. The third-order valence-electron chi connectivity index (χ3n) is 16.0. The van der Waals surface area contributed by atoms with E-state index in [2.05, 4.69) is 111 Å². The van der Waals surface area contributed by atoms with Crippen molar-refractivity contribution in [3.05, 3.63) is 45.6 Å². The van der Waals surface area contributed by atoms with Crippen LogP contribution in [0.4, 0.5) is 0 Å². The van der Waals surface area contributed by atoms with Gasteiger partial charge in [0.1, 0.15) is 5.78 Å². The van der Waals surface area contributed by atoms with Crippen molar-refractivity contribution >= 4 is 28.9 Å². The van der Waals surface area contributed by atoms with Gasteiger partial charge in [-0.3, -0.25) is 19.2 Å². The van der Waals surface area contributed by atoms with Crippen LogP contribution in [0.3, 0.4) is 0 Å². The van der Waals surface area contributed by atoms with E-state index in [0.29, 0.717) is 41.4 Å². The molecule has 0 saturated carbocycles. The summed E-state index contributed by atoms with van der Waals surface area (Å²) in [6, 6.07) is 0. The first-order valence-electron chi connectivity index (χ1n) is 22.5. The SMILES string of the molecule is CCC(C)=O.CCC1(C)C(C)C(=O)C=C(C)C1C.CCC1(C)CC(=O)C(C)=C(C)C1C.CCC1=C(C)C(=O)CC(C)(CC)C1.CCC1=CC(=O)C(C)C(C)(CC)C1. The summed E-state index contributed by atoms with van der Waals surface area (Å²) in [4.78, 5) is 56.5. The second-order valence-electron chi connectivity index (χ2n) is 19.3. The largest absolute Gasteiger partial charge is 0.300 e. The standard InChI is InChI=1S/4C12H20O.C4H8O/c1-6-12(5)7-11(13)9(3)8(2)10(12)4;1-6-12(5)9(3)8(2)7-11(13)10(12)4;1-5-10-7-12(4,6-2)8-11(13)9(10)3;1-5-10-7-11(13)9(3)12(4,6-2)8-10;1-3-4(2)5/h10H,6-7H2,1-5H3;7,9-10H,6H2,1-5H3;5-8H2,1-4H3;7,9H,5-6,8H2,1-4H3;3H2,1-2H3. The highest BCUT2D eigenvalue weighted by atomic mass is 16.1. The fourth-order valence-corrected chi connectivity index (χ4v) is 8.58. The van der Waals surface area contributed by atoms with Crippen molar-refractivity contribution in [2.45, 2.75) is 209 Å². The molecule has 57 heavy (non-hydrogen) atoms. The average Bonchev–Trinajstić information content (AvgIpc) is 3.18. The van der Waals surface area contributed by atoms with Gasteiger partial charge < -0.3 is 4.79 Å². The Bertz CT molecular complexity index is 1520. The zero-order chi connectivity index (χ0) is 44.9. The maximum absolute atomic E-state index is 11.7. The van der Waals surface area contributed by atoms with Crippen LogP contribution in [-0.4, -0.2) is 28.9 Å². The van der Waals surface area contributed by atoms with Crippen LogP contribution in [-0.2, 0) is 24.0 Å². The lowest BCUT2D eigenvalue weighted by Gasteiger charge is -2.43. The molecule has 0 saturated heterocycles. The summed E-state index contributed by atoms with van der Waals surface area (Å²) < 4.78 is 0. The third-order valence-corrected chi connectivity index (χ3v) is 16.0. The molecular weight excluding hydrogens is 705 g/mol. The van der Waals surface area contributed by atoms with Crippen molar-refractivity contribution in [1.82, 2.24) is 0 Å². The van der Waals surface area contributed by atoms with Gasteiger partial charge >= 0.3 is 0 Å². The fourth-order valence-electron chi connectivity index (χ4n) is 8.58. The van der Waals surface area contributed by atoms with Gasteiger partial charge in [-0.15, -0.1) is 0 Å². The average molecular weight is 793 g/mol. The highest BCUT2D eigenvalue weighted by molar-refractivity contribution is 5.97. The van der Waals surface area contributed by atoms with Crippen molar-refractivity contribution in [2.75, 3.05) is 0 Å². The summed E-state index contributed by atoms with van der Waals surface area (Å²) >= 11 is 0. The van der Waals surface area contributed by atoms with Crippen molar-refractivity contribution < 1.29 is 24.0 Å². The van der Waals surface area contributed by atoms with Crippen molar-refractivity contribution in [2.24, 2.45) is 45.3 Å². The van der Waals surface area contributed by atoms with Gasteiger partial charge in [0.2, 0.25) is 0 Å². The summed E-state index contributed by atoms with van der Waals surface area (Å²) in [5, 5.41) is 0. The molecule has 0 amide bonds. The van der Waals surface area contributed by atoms with Crippen LogP contribution in [0, 0.1) is 45.3 Å². The van der Waals surface area contributed by atoms with Crippen LogP contribution in [0.2, 0.25) is 0 Å². The molecule has 0 N–H and O–H groups in total. The first kappa shape index (κ1) is 54.3. The molecule has 0 fully saturated rings. The summed E-state index contributed by atoms with van der Waals surface area (Å²) in [5.41, 5.74) is 8.07. The Morgan fingerprint density at radius 3 is 1.47 bits per heavy atom. The zero-order valence-corrected chi connectivity index (χ0v) is 40.8. The molecule has 4 aliphatic carbocycles. The first-order valence-corrected chi connectivity index (χ1v) is 22.5. The third kappa shape index (κ3) is 14.2. The van der Waals surface area contributed by atoms with E-state index in [9.17, 15) is 24.0 Å². The molecule has 4 rings (SSSR count). The molecule has 4 aliphatic rings. The van der Waals surface area contributed by atoms with E-state index >= 15 is 0 Å². The summed E-state index contributed by atoms with van der Waals surface area (Å²) in [7, 11) is 0. The molecule has 0 aliphatic heterocycles. The van der Waals surface area contributed by atoms with E-state index < -0.39 is 0 Å². The molecule has 0 bridgehead atoms. The van der Waals surface area contributed by atoms with E-state index in [1.165, 1.54) is 22.3 Å². The number of Topliss-reactive ketones (excluding diaryl/α,β-unsaturated/α-hetero) is 3. The molecule has 0 aromatic carbocycles. The van der Waals surface area contributed by atoms with Crippen LogP contribution < -0.4 is 0 Å². The van der Waals surface area contributed by atoms with Crippen LogP contribution in [0.1, 0.15) is 209 Å². The Labute approximate surface area is 351 Å². The first-order chi connectivity index (χ1) is 26.2. The van der Waals surface area contributed by atoms with Crippen molar-refractivity contribution in [1.29, 1.82) is 0 Å². The monoisotopic (exact) mass is 793 g/mol. The van der Waals surface area contributed by atoms with Crippen LogP contribution in [0.5, 0.6) is 0 Å². The maximum atomic E-state index is 11.7. The molecule has 5 heteroatoms. The summed E-state index contributed by atoms with van der Waals surface area (Å²) in [5.74, 6) is 3.06. The van der Waals surface area contributed by atoms with E-state index in [-0.39, 0.29) is 39.3 Å². The Morgan fingerprint density at radius 1 is 0.579 bits per heavy atom. The summed E-state index contributed by atoms with van der Waals surface area (Å²) in [6.07, 6.45) is 14.5. The Morgan fingerprint density at radius 2 is 1.05 bits per heavy atom. The van der Waals surface area contributed by atoms with E-state index in [4.69, 9.17) is 0 Å². The number of carbonyl (C=O) groups excluding carboxylic acids is 5. The normalized spacial score (nSPS) is 32.6. The van der Waals surface area contributed by atoms with Gasteiger partial charge in [0.05, 0.1) is 0 Å². The lowest BCUT2D eigenvalue weighted by molar-refractivity contribution is -0.124. The molecule has 0 aromatic rings. The number of hydrogen-bond donors (Lipinski definition) is 0. The predicted molar refractivity (Wildman–Crippen MR) is 243 cm³/mol. The highest BCUT2D eigenvalue weighted by Crippen LogP contribution is 2.47. The van der Waals surface area contributed by atoms with Crippen LogP contribution in [0.25, 0.3) is 0 Å².